The van der Waals surface area contributed by atoms with Crippen molar-refractivity contribution < 1.29 is 9.59 Å². The van der Waals surface area contributed by atoms with Crippen molar-refractivity contribution in [2.24, 2.45) is 5.92 Å². The number of carbonyl (C=O) groups excluding carboxylic acids is 2. The molecule has 0 atom stereocenters. The van der Waals surface area contributed by atoms with Crippen molar-refractivity contribution in [1.29, 1.82) is 5.26 Å². The van der Waals surface area contributed by atoms with Crippen molar-refractivity contribution in [2.75, 3.05) is 13.1 Å². The van der Waals surface area contributed by atoms with Crippen LogP contribution in [0.5, 0.6) is 0 Å². The number of carbonyl (C=O) groups is 2. The molecule has 10 heteroatoms. The van der Waals surface area contributed by atoms with Crippen LogP contribution in [-0.4, -0.2) is 44.3 Å². The molecule has 1 N–H and O–H groups in total. The maximum absolute atomic E-state index is 13.5. The van der Waals surface area contributed by atoms with Crippen LogP contribution in [0.3, 0.4) is 0 Å². The van der Waals surface area contributed by atoms with E-state index < -0.39 is 11.5 Å². The van der Waals surface area contributed by atoms with Crippen LogP contribution in [0.1, 0.15) is 28.4 Å². The van der Waals surface area contributed by atoms with Gasteiger partial charge in [0.1, 0.15) is 23.8 Å². The standard InChI is InChI=1S/C28H23ClN6O3/c1-17-14-34(15-17)25(36)16-35-26-20(8-21(13-32-26)24-7-4-19(10-30)12-31-24)9-23(28(35)38)27(37)33-11-18-2-5-22(29)6-3-18/h2-9,12-13,17H,11,14-16H2,1H3,(H,33,37). The average Bonchev–Trinajstić information content (AvgIpc) is 2.91. The molecule has 190 valence electrons. The molecule has 5 rings (SSSR count). The summed E-state index contributed by atoms with van der Waals surface area (Å²) in [5, 5.41) is 12.9. The second-order valence-corrected chi connectivity index (χ2v) is 9.78. The highest BCUT2D eigenvalue weighted by Gasteiger charge is 2.28. The summed E-state index contributed by atoms with van der Waals surface area (Å²) < 4.78 is 1.26. The number of benzene rings is 1. The Balaban J connectivity index is 1.53. The van der Waals surface area contributed by atoms with Gasteiger partial charge >= 0.3 is 0 Å². The van der Waals surface area contributed by atoms with Crippen molar-refractivity contribution in [3.05, 3.63) is 93.0 Å². The van der Waals surface area contributed by atoms with Crippen LogP contribution in [0.15, 0.2) is 65.7 Å². The van der Waals surface area contributed by atoms with Gasteiger partial charge in [-0.15, -0.1) is 0 Å². The molecule has 0 saturated carbocycles. The SMILES string of the molecule is CC1CN(C(=O)Cn2c(=O)c(C(=O)NCc3ccc(Cl)cc3)cc3cc(-c4ccc(C#N)cn4)cnc32)C1. The minimum Gasteiger partial charge on any atom is -0.348 e. The van der Waals surface area contributed by atoms with E-state index in [0.717, 1.165) is 5.56 Å². The normalized spacial score (nSPS) is 13.1. The van der Waals surface area contributed by atoms with Gasteiger partial charge in [-0.25, -0.2) is 4.98 Å². The lowest BCUT2D eigenvalue weighted by Gasteiger charge is -2.37. The van der Waals surface area contributed by atoms with Gasteiger partial charge in [-0.05, 0) is 47.9 Å². The Morgan fingerprint density at radius 2 is 1.87 bits per heavy atom. The van der Waals surface area contributed by atoms with Crippen molar-refractivity contribution in [3.63, 3.8) is 0 Å². The zero-order chi connectivity index (χ0) is 26.8. The number of pyridine rings is 3. The topological polar surface area (TPSA) is 121 Å². The van der Waals surface area contributed by atoms with Crippen LogP contribution < -0.4 is 10.9 Å². The van der Waals surface area contributed by atoms with Crippen LogP contribution in [0, 0.1) is 17.2 Å². The third-order valence-corrected chi connectivity index (χ3v) is 6.69. The Hall–Kier alpha value is -4.55. The van der Waals surface area contributed by atoms with Crippen LogP contribution in [0.4, 0.5) is 0 Å². The average molecular weight is 527 g/mol. The summed E-state index contributed by atoms with van der Waals surface area (Å²) in [5.74, 6) is -0.351. The monoisotopic (exact) mass is 526 g/mol. The van der Waals surface area contributed by atoms with E-state index in [1.807, 2.05) is 6.07 Å². The lowest BCUT2D eigenvalue weighted by atomic mass is 10.0. The molecule has 1 aromatic carbocycles. The van der Waals surface area contributed by atoms with Gasteiger partial charge in [0.15, 0.2) is 0 Å². The molecule has 0 unspecified atom stereocenters. The number of fused-ring (bicyclic) bond motifs is 1. The Kier molecular flexibility index (Phi) is 6.90. The first kappa shape index (κ1) is 25.1. The molecule has 0 spiro atoms. The Morgan fingerprint density at radius 3 is 2.53 bits per heavy atom. The fourth-order valence-electron chi connectivity index (χ4n) is 4.36. The number of halogens is 1. The zero-order valence-electron chi connectivity index (χ0n) is 20.5. The van der Waals surface area contributed by atoms with E-state index in [0.29, 0.717) is 51.9 Å². The number of aromatic nitrogens is 3. The Bertz CT molecular complexity index is 1640. The molecule has 38 heavy (non-hydrogen) atoms. The first-order valence-corrected chi connectivity index (χ1v) is 12.4. The highest BCUT2D eigenvalue weighted by molar-refractivity contribution is 6.30. The van der Waals surface area contributed by atoms with E-state index in [1.165, 1.54) is 16.8 Å². The second kappa shape index (κ2) is 10.4. The molecule has 4 aromatic rings. The summed E-state index contributed by atoms with van der Waals surface area (Å²) in [7, 11) is 0. The van der Waals surface area contributed by atoms with Gasteiger partial charge in [0.25, 0.3) is 11.5 Å². The molecule has 1 fully saturated rings. The molecule has 9 nitrogen and oxygen atoms in total. The van der Waals surface area contributed by atoms with Crippen LogP contribution in [-0.2, 0) is 17.9 Å². The van der Waals surface area contributed by atoms with Gasteiger partial charge < -0.3 is 10.2 Å². The summed E-state index contributed by atoms with van der Waals surface area (Å²) in [6.07, 6.45) is 3.02. The van der Waals surface area contributed by atoms with E-state index in [2.05, 4.69) is 22.2 Å². The molecule has 0 radical (unpaired) electrons. The largest absolute Gasteiger partial charge is 0.348 e. The van der Waals surface area contributed by atoms with Crippen molar-refractivity contribution in [1.82, 2.24) is 24.8 Å². The number of hydrogen-bond donors (Lipinski definition) is 1. The van der Waals surface area contributed by atoms with E-state index in [4.69, 9.17) is 16.9 Å². The minimum absolute atomic E-state index is 0.0945. The summed E-state index contributed by atoms with van der Waals surface area (Å²) in [6, 6.07) is 15.6. The first-order chi connectivity index (χ1) is 18.3. The predicted molar refractivity (Wildman–Crippen MR) is 142 cm³/mol. The number of nitrogens with zero attached hydrogens (tertiary/aromatic N) is 5. The first-order valence-electron chi connectivity index (χ1n) is 12.0. The highest BCUT2D eigenvalue weighted by atomic mass is 35.5. The number of nitrogens with one attached hydrogen (secondary N) is 1. The maximum Gasteiger partial charge on any atom is 0.265 e. The molecular formula is C28H23ClN6O3. The van der Waals surface area contributed by atoms with Crippen molar-refractivity contribution >= 4 is 34.4 Å². The quantitative estimate of drug-likeness (QED) is 0.411. The summed E-state index contributed by atoms with van der Waals surface area (Å²) >= 11 is 5.94. The number of amides is 2. The molecule has 4 heterocycles. The lowest BCUT2D eigenvalue weighted by molar-refractivity contribution is -0.137. The van der Waals surface area contributed by atoms with Crippen LogP contribution >= 0.6 is 11.6 Å². The fraction of sp³-hybridized carbons (Fsp3) is 0.214. The predicted octanol–water partition coefficient (Wildman–Crippen LogP) is 3.39. The maximum atomic E-state index is 13.5. The number of hydrogen-bond acceptors (Lipinski definition) is 6. The van der Waals surface area contributed by atoms with Crippen LogP contribution in [0.2, 0.25) is 5.02 Å². The zero-order valence-corrected chi connectivity index (χ0v) is 21.3. The van der Waals surface area contributed by atoms with Crippen molar-refractivity contribution in [3.8, 4) is 17.3 Å². The molecule has 1 aliphatic rings. The van der Waals surface area contributed by atoms with Gasteiger partial charge in [-0.2, -0.15) is 5.26 Å². The lowest BCUT2D eigenvalue weighted by Crippen LogP contribution is -2.50. The number of rotatable bonds is 6. The summed E-state index contributed by atoms with van der Waals surface area (Å²) in [6.45, 7) is 3.30. The Morgan fingerprint density at radius 1 is 1.11 bits per heavy atom. The van der Waals surface area contributed by atoms with E-state index in [1.54, 1.807) is 53.6 Å². The Labute approximate surface area is 223 Å². The molecule has 2 amide bonds. The molecule has 0 aliphatic carbocycles. The fourth-order valence-corrected chi connectivity index (χ4v) is 4.49. The summed E-state index contributed by atoms with van der Waals surface area (Å²) in [4.78, 5) is 50.0. The smallest absolute Gasteiger partial charge is 0.265 e. The molecule has 1 saturated heterocycles. The molecule has 1 aliphatic heterocycles. The van der Waals surface area contributed by atoms with Crippen LogP contribution in [0.25, 0.3) is 22.3 Å². The molecule has 0 bridgehead atoms. The van der Waals surface area contributed by atoms with E-state index in [9.17, 15) is 14.4 Å². The van der Waals surface area contributed by atoms with E-state index >= 15 is 0 Å². The van der Waals surface area contributed by atoms with E-state index in [-0.39, 0.29) is 24.6 Å². The number of nitriles is 1. The van der Waals surface area contributed by atoms with Gasteiger partial charge in [-0.3, -0.25) is 23.9 Å². The third-order valence-electron chi connectivity index (χ3n) is 6.44. The molecular weight excluding hydrogens is 504 g/mol. The highest BCUT2D eigenvalue weighted by Crippen LogP contribution is 2.22. The van der Waals surface area contributed by atoms with Gasteiger partial charge in [0.05, 0.1) is 11.3 Å². The van der Waals surface area contributed by atoms with Gasteiger partial charge in [0.2, 0.25) is 5.91 Å². The van der Waals surface area contributed by atoms with Crippen molar-refractivity contribution in [2.45, 2.75) is 20.0 Å². The van der Waals surface area contributed by atoms with Gasteiger partial charge in [0, 0.05) is 48.0 Å². The summed E-state index contributed by atoms with van der Waals surface area (Å²) in [5.41, 5.74) is 2.08. The second-order valence-electron chi connectivity index (χ2n) is 9.34. The minimum atomic E-state index is -0.593. The number of likely N-dealkylation sites (tertiary alicyclic amines) is 1. The third kappa shape index (κ3) is 5.12. The van der Waals surface area contributed by atoms with Gasteiger partial charge in [-0.1, -0.05) is 30.7 Å². The molecule has 3 aromatic heterocycles.